The summed E-state index contributed by atoms with van der Waals surface area (Å²) >= 11 is 0. The van der Waals surface area contributed by atoms with Gasteiger partial charge in [-0.2, -0.15) is 0 Å². The van der Waals surface area contributed by atoms with Gasteiger partial charge in [0.05, 0.1) is 13.2 Å². The number of aliphatic hydroxyl groups excluding tert-OH is 1. The first-order valence-corrected chi connectivity index (χ1v) is 20.9. The molecule has 0 aromatic rings. The van der Waals surface area contributed by atoms with Crippen molar-refractivity contribution in [3.63, 3.8) is 0 Å². The fourth-order valence-corrected chi connectivity index (χ4v) is 6.12. The van der Waals surface area contributed by atoms with Crippen LogP contribution < -0.4 is 0 Å². The van der Waals surface area contributed by atoms with Crippen LogP contribution in [0.5, 0.6) is 0 Å². The Morgan fingerprint density at radius 2 is 0.894 bits per heavy atom. The lowest BCUT2D eigenvalue weighted by atomic mass is 10.0. The smallest absolute Gasteiger partial charge is 0.306 e. The maximum Gasteiger partial charge on any atom is 0.306 e. The molecule has 0 aromatic carbocycles. The molecular formula is C43H82O4. The highest BCUT2D eigenvalue weighted by molar-refractivity contribution is 5.69. The Balaban J connectivity index is 3.41. The number of hydrogen-bond acceptors (Lipinski definition) is 4. The summed E-state index contributed by atoms with van der Waals surface area (Å²) in [5.74, 6) is -0.205. The van der Waals surface area contributed by atoms with E-state index in [4.69, 9.17) is 9.47 Å². The first-order chi connectivity index (χ1) is 23.2. The highest BCUT2D eigenvalue weighted by Gasteiger charge is 2.13. The van der Waals surface area contributed by atoms with Gasteiger partial charge in [-0.25, -0.2) is 0 Å². The van der Waals surface area contributed by atoms with E-state index in [1.165, 1.54) is 173 Å². The Hall–Kier alpha value is -1.13. The van der Waals surface area contributed by atoms with Crippen LogP contribution in [0.15, 0.2) is 24.3 Å². The SMILES string of the molecule is CCCCCC/C=C\C/C=C\CCCCCCCCCC(=O)OC(CO)COCCCCCCCCCCCCCCCCCCC. The topological polar surface area (TPSA) is 55.8 Å². The van der Waals surface area contributed by atoms with Gasteiger partial charge in [-0.15, -0.1) is 0 Å². The van der Waals surface area contributed by atoms with E-state index in [1.54, 1.807) is 0 Å². The van der Waals surface area contributed by atoms with Crippen molar-refractivity contribution in [1.82, 2.24) is 0 Å². The van der Waals surface area contributed by atoms with Crippen LogP contribution in [0.3, 0.4) is 0 Å². The number of rotatable bonds is 39. The molecule has 278 valence electrons. The molecule has 0 bridgehead atoms. The van der Waals surface area contributed by atoms with Crippen molar-refractivity contribution in [2.75, 3.05) is 19.8 Å². The summed E-state index contributed by atoms with van der Waals surface area (Å²) in [6.07, 6.45) is 49.4. The van der Waals surface area contributed by atoms with E-state index >= 15 is 0 Å². The van der Waals surface area contributed by atoms with Crippen LogP contribution in [0.2, 0.25) is 0 Å². The molecule has 0 rings (SSSR count). The van der Waals surface area contributed by atoms with Gasteiger partial charge in [0.25, 0.3) is 0 Å². The molecule has 1 N–H and O–H groups in total. The number of ether oxygens (including phenoxy) is 2. The minimum atomic E-state index is -0.533. The van der Waals surface area contributed by atoms with Gasteiger partial charge >= 0.3 is 5.97 Å². The summed E-state index contributed by atoms with van der Waals surface area (Å²) in [6, 6.07) is 0. The maximum atomic E-state index is 12.2. The third kappa shape index (κ3) is 39.2. The zero-order valence-corrected chi connectivity index (χ0v) is 31.8. The zero-order valence-electron chi connectivity index (χ0n) is 31.8. The third-order valence-corrected chi connectivity index (χ3v) is 9.28. The minimum Gasteiger partial charge on any atom is -0.457 e. The first-order valence-electron chi connectivity index (χ1n) is 20.9. The van der Waals surface area contributed by atoms with E-state index in [2.05, 4.69) is 38.2 Å². The molecule has 4 nitrogen and oxygen atoms in total. The highest BCUT2D eigenvalue weighted by atomic mass is 16.6. The number of aliphatic hydroxyl groups is 1. The van der Waals surface area contributed by atoms with Gasteiger partial charge in [-0.05, 0) is 44.9 Å². The van der Waals surface area contributed by atoms with Gasteiger partial charge in [-0.3, -0.25) is 4.79 Å². The number of carbonyl (C=O) groups excluding carboxylic acids is 1. The third-order valence-electron chi connectivity index (χ3n) is 9.28. The summed E-state index contributed by atoms with van der Waals surface area (Å²) in [7, 11) is 0. The minimum absolute atomic E-state index is 0.171. The van der Waals surface area contributed by atoms with Crippen LogP contribution in [0.25, 0.3) is 0 Å². The van der Waals surface area contributed by atoms with E-state index in [1.807, 2.05) is 0 Å². The van der Waals surface area contributed by atoms with E-state index in [-0.39, 0.29) is 12.6 Å². The predicted molar refractivity (Wildman–Crippen MR) is 205 cm³/mol. The lowest BCUT2D eigenvalue weighted by Crippen LogP contribution is -2.27. The van der Waals surface area contributed by atoms with Crippen LogP contribution in [-0.4, -0.2) is 37.0 Å². The van der Waals surface area contributed by atoms with Crippen LogP contribution in [-0.2, 0) is 14.3 Å². The van der Waals surface area contributed by atoms with E-state index in [0.717, 1.165) is 25.7 Å². The molecular weight excluding hydrogens is 580 g/mol. The van der Waals surface area contributed by atoms with Gasteiger partial charge in [0.1, 0.15) is 6.10 Å². The normalized spacial score (nSPS) is 12.5. The average molecular weight is 663 g/mol. The summed E-state index contributed by atoms with van der Waals surface area (Å²) < 4.78 is 11.2. The fraction of sp³-hybridized carbons (Fsp3) is 0.884. The fourth-order valence-electron chi connectivity index (χ4n) is 6.12. The predicted octanol–water partition coefficient (Wildman–Crippen LogP) is 13.5. The van der Waals surface area contributed by atoms with Crippen LogP contribution in [0.4, 0.5) is 0 Å². The molecule has 4 heteroatoms. The Bertz CT molecular complexity index is 658. The van der Waals surface area contributed by atoms with Gasteiger partial charge < -0.3 is 14.6 Å². The number of unbranched alkanes of at least 4 members (excludes halogenated alkanes) is 27. The number of allylic oxidation sites excluding steroid dienone is 4. The van der Waals surface area contributed by atoms with E-state index in [9.17, 15) is 9.90 Å². The second-order valence-corrected chi connectivity index (χ2v) is 14.1. The van der Waals surface area contributed by atoms with Gasteiger partial charge in [-0.1, -0.05) is 192 Å². The summed E-state index contributed by atoms with van der Waals surface area (Å²) in [5.41, 5.74) is 0. The van der Waals surface area contributed by atoms with E-state index in [0.29, 0.717) is 19.6 Å². The summed E-state index contributed by atoms with van der Waals surface area (Å²) in [4.78, 5) is 12.2. The second kappa shape index (κ2) is 41.0. The molecule has 0 aliphatic rings. The monoisotopic (exact) mass is 663 g/mol. The molecule has 0 heterocycles. The molecule has 0 aliphatic heterocycles. The van der Waals surface area contributed by atoms with E-state index < -0.39 is 6.10 Å². The largest absolute Gasteiger partial charge is 0.457 e. The molecule has 1 unspecified atom stereocenters. The van der Waals surface area contributed by atoms with Gasteiger partial charge in [0, 0.05) is 13.0 Å². The summed E-state index contributed by atoms with van der Waals surface area (Å²) in [6.45, 7) is 5.35. The molecule has 0 saturated heterocycles. The van der Waals surface area contributed by atoms with Crippen molar-refractivity contribution in [2.24, 2.45) is 0 Å². The lowest BCUT2D eigenvalue weighted by Gasteiger charge is -2.16. The summed E-state index contributed by atoms with van der Waals surface area (Å²) in [5, 5.41) is 9.59. The molecule has 0 aliphatic carbocycles. The standard InChI is InChI=1S/C43H82O4/c1-3-5-7-9-11-13-15-17-19-21-22-24-26-28-30-32-34-36-38-43(45)47-42(40-44)41-46-39-37-35-33-31-29-27-25-23-20-18-16-14-12-10-8-6-4-2/h13,15,19,21,42,44H,3-12,14,16-18,20,22-41H2,1-2H3/b15-13-,21-19-. The van der Waals surface area contributed by atoms with Crippen molar-refractivity contribution in [3.8, 4) is 0 Å². The van der Waals surface area contributed by atoms with Crippen LogP contribution >= 0.6 is 0 Å². The molecule has 47 heavy (non-hydrogen) atoms. The Morgan fingerprint density at radius 1 is 0.511 bits per heavy atom. The molecule has 0 amide bonds. The van der Waals surface area contributed by atoms with Crippen molar-refractivity contribution in [2.45, 2.75) is 225 Å². The number of hydrogen-bond donors (Lipinski definition) is 1. The zero-order chi connectivity index (χ0) is 34.1. The second-order valence-electron chi connectivity index (χ2n) is 14.1. The number of esters is 1. The molecule has 0 radical (unpaired) electrons. The average Bonchev–Trinajstić information content (AvgIpc) is 3.08. The Kier molecular flexibility index (Phi) is 40.1. The van der Waals surface area contributed by atoms with Crippen LogP contribution in [0, 0.1) is 0 Å². The van der Waals surface area contributed by atoms with Gasteiger partial charge in [0.2, 0.25) is 0 Å². The number of carbonyl (C=O) groups is 1. The Labute approximate surface area is 294 Å². The molecule has 0 saturated carbocycles. The molecule has 0 fully saturated rings. The van der Waals surface area contributed by atoms with Crippen molar-refractivity contribution in [1.29, 1.82) is 0 Å². The molecule has 0 spiro atoms. The molecule has 1 atom stereocenters. The maximum absolute atomic E-state index is 12.2. The Morgan fingerprint density at radius 3 is 1.34 bits per heavy atom. The van der Waals surface area contributed by atoms with Crippen molar-refractivity contribution < 1.29 is 19.4 Å². The highest BCUT2D eigenvalue weighted by Crippen LogP contribution is 2.15. The molecule has 0 aromatic heterocycles. The lowest BCUT2D eigenvalue weighted by molar-refractivity contribution is -0.154. The van der Waals surface area contributed by atoms with Gasteiger partial charge in [0.15, 0.2) is 0 Å². The van der Waals surface area contributed by atoms with Crippen molar-refractivity contribution >= 4 is 5.97 Å². The quantitative estimate of drug-likeness (QED) is 0.0404. The van der Waals surface area contributed by atoms with Crippen molar-refractivity contribution in [3.05, 3.63) is 24.3 Å². The van der Waals surface area contributed by atoms with Crippen LogP contribution in [0.1, 0.15) is 219 Å². The first kappa shape index (κ1) is 45.9.